The van der Waals surface area contributed by atoms with Crippen LogP contribution in [0.1, 0.15) is 30.4 Å². The lowest BCUT2D eigenvalue weighted by Gasteiger charge is -2.27. The van der Waals surface area contributed by atoms with Gasteiger partial charge >= 0.3 is 0 Å². The van der Waals surface area contributed by atoms with Gasteiger partial charge < -0.3 is 9.47 Å². The maximum atomic E-state index is 13.3. The number of hydrogen-bond donors (Lipinski definition) is 0. The minimum Gasteiger partial charge on any atom is -0.342 e. The summed E-state index contributed by atoms with van der Waals surface area (Å²) in [4.78, 5) is 41.3. The van der Waals surface area contributed by atoms with Crippen molar-refractivity contribution >= 4 is 45.8 Å². The third-order valence-electron chi connectivity index (χ3n) is 6.25. The highest BCUT2D eigenvalue weighted by molar-refractivity contribution is 8.18. The van der Waals surface area contributed by atoms with E-state index >= 15 is 0 Å². The first-order chi connectivity index (χ1) is 16.5. The zero-order valence-corrected chi connectivity index (χ0v) is 19.4. The second kappa shape index (κ2) is 9.46. The molecule has 174 valence electrons. The fourth-order valence-electron chi connectivity index (χ4n) is 4.46. The fraction of sp³-hybridized carbons (Fsp3) is 0.269. The second-order valence-corrected chi connectivity index (χ2v) is 9.56. The van der Waals surface area contributed by atoms with E-state index in [4.69, 9.17) is 0 Å². The topological polar surface area (TPSA) is 62.6 Å². The molecule has 1 aromatic heterocycles. The van der Waals surface area contributed by atoms with Crippen molar-refractivity contribution in [2.75, 3.05) is 19.6 Å². The Morgan fingerprint density at radius 2 is 1.74 bits per heavy atom. The Labute approximate surface area is 201 Å². The lowest BCUT2D eigenvalue weighted by molar-refractivity contribution is -0.136. The highest BCUT2D eigenvalue weighted by Crippen LogP contribution is 2.34. The Morgan fingerprint density at radius 3 is 2.50 bits per heavy atom. The Morgan fingerprint density at radius 1 is 1.00 bits per heavy atom. The molecule has 6 nitrogen and oxygen atoms in total. The van der Waals surface area contributed by atoms with Crippen molar-refractivity contribution < 1.29 is 18.8 Å². The minimum absolute atomic E-state index is 0.181. The fourth-order valence-corrected chi connectivity index (χ4v) is 5.29. The molecule has 0 N–H and O–H groups in total. The molecular weight excluding hydrogens is 453 g/mol. The summed E-state index contributed by atoms with van der Waals surface area (Å²) in [6, 6.07) is 14.2. The Hall–Kier alpha value is -3.39. The van der Waals surface area contributed by atoms with E-state index in [-0.39, 0.29) is 18.3 Å². The van der Waals surface area contributed by atoms with Crippen LogP contribution in [0, 0.1) is 5.82 Å². The largest absolute Gasteiger partial charge is 0.342 e. The zero-order chi connectivity index (χ0) is 23.7. The number of amides is 3. The molecule has 2 aliphatic rings. The van der Waals surface area contributed by atoms with Crippen LogP contribution in [0.25, 0.3) is 17.0 Å². The van der Waals surface area contributed by atoms with Gasteiger partial charge in [0, 0.05) is 42.3 Å². The van der Waals surface area contributed by atoms with Crippen molar-refractivity contribution in [2.24, 2.45) is 0 Å². The van der Waals surface area contributed by atoms with Gasteiger partial charge in [-0.1, -0.05) is 30.3 Å². The number of likely N-dealkylation sites (tertiary alicyclic amines) is 1. The number of rotatable bonds is 5. The van der Waals surface area contributed by atoms with Gasteiger partial charge in [0.05, 0.1) is 4.91 Å². The number of para-hydroxylation sites is 1. The molecule has 2 saturated heterocycles. The number of aromatic nitrogens is 1. The van der Waals surface area contributed by atoms with E-state index in [9.17, 15) is 18.8 Å². The molecule has 2 aromatic carbocycles. The molecule has 34 heavy (non-hydrogen) atoms. The number of thioether (sulfide) groups is 1. The third kappa shape index (κ3) is 4.50. The van der Waals surface area contributed by atoms with Crippen molar-refractivity contribution in [1.29, 1.82) is 0 Å². The lowest BCUT2D eigenvalue weighted by Crippen LogP contribution is -2.44. The Kier molecular flexibility index (Phi) is 6.24. The summed E-state index contributed by atoms with van der Waals surface area (Å²) < 4.78 is 15.3. The summed E-state index contributed by atoms with van der Waals surface area (Å²) in [5.41, 5.74) is 2.73. The summed E-state index contributed by atoms with van der Waals surface area (Å²) in [5.74, 6) is -0.897. The van der Waals surface area contributed by atoms with Crippen molar-refractivity contribution in [3.8, 4) is 0 Å². The third-order valence-corrected chi connectivity index (χ3v) is 7.16. The predicted octanol–water partition coefficient (Wildman–Crippen LogP) is 4.88. The van der Waals surface area contributed by atoms with Gasteiger partial charge in [-0.05, 0) is 60.9 Å². The molecular formula is C26H24FN3O3S. The maximum absolute atomic E-state index is 13.3. The van der Waals surface area contributed by atoms with Crippen LogP contribution >= 0.6 is 11.8 Å². The van der Waals surface area contributed by atoms with Crippen LogP contribution in [0.4, 0.5) is 9.18 Å². The average molecular weight is 478 g/mol. The molecule has 0 atom stereocenters. The SMILES string of the molecule is O=C(CN1C(=O)S/C(=C\c2cn(Cc3ccc(F)cc3)c3ccccc23)C1=O)N1CCCCC1. The van der Waals surface area contributed by atoms with Crippen molar-refractivity contribution in [2.45, 2.75) is 25.8 Å². The van der Waals surface area contributed by atoms with Gasteiger partial charge in [0.25, 0.3) is 11.1 Å². The molecule has 0 radical (unpaired) electrons. The average Bonchev–Trinajstić information content (AvgIpc) is 3.33. The summed E-state index contributed by atoms with van der Waals surface area (Å²) >= 11 is 0.866. The first-order valence-corrected chi connectivity index (χ1v) is 12.2. The van der Waals surface area contributed by atoms with Crippen molar-refractivity contribution in [1.82, 2.24) is 14.4 Å². The number of carbonyl (C=O) groups excluding carboxylic acids is 3. The highest BCUT2D eigenvalue weighted by Gasteiger charge is 2.37. The smallest absolute Gasteiger partial charge is 0.294 e. The molecule has 0 aliphatic carbocycles. The van der Waals surface area contributed by atoms with Crippen LogP contribution in [0.5, 0.6) is 0 Å². The molecule has 0 saturated carbocycles. The quantitative estimate of drug-likeness (QED) is 0.492. The van der Waals surface area contributed by atoms with E-state index in [2.05, 4.69) is 0 Å². The van der Waals surface area contributed by atoms with E-state index < -0.39 is 11.1 Å². The Balaban J connectivity index is 1.39. The van der Waals surface area contributed by atoms with Gasteiger partial charge in [0.15, 0.2) is 0 Å². The standard InChI is InChI=1S/C26H24FN3O3S/c27-20-10-8-18(9-11-20)15-29-16-19(21-6-2-3-7-22(21)29)14-23-25(32)30(26(33)34-23)17-24(31)28-12-4-1-5-13-28/h2-3,6-11,14,16H,1,4-5,12-13,15,17H2/b23-14-. The number of halogens is 1. The monoisotopic (exact) mass is 477 g/mol. The van der Waals surface area contributed by atoms with Gasteiger partial charge in [-0.15, -0.1) is 0 Å². The number of fused-ring (bicyclic) bond motifs is 1. The molecule has 0 spiro atoms. The van der Waals surface area contributed by atoms with Gasteiger partial charge in [-0.3, -0.25) is 19.3 Å². The predicted molar refractivity (Wildman–Crippen MR) is 131 cm³/mol. The molecule has 2 fully saturated rings. The zero-order valence-electron chi connectivity index (χ0n) is 18.6. The second-order valence-electron chi connectivity index (χ2n) is 8.57. The summed E-state index contributed by atoms with van der Waals surface area (Å²) in [7, 11) is 0. The van der Waals surface area contributed by atoms with Crippen molar-refractivity contribution in [3.05, 3.63) is 76.6 Å². The van der Waals surface area contributed by atoms with Gasteiger partial charge in [-0.25, -0.2) is 4.39 Å². The minimum atomic E-state index is -0.435. The van der Waals surface area contributed by atoms with Crippen LogP contribution in [0.3, 0.4) is 0 Å². The molecule has 5 rings (SSSR count). The van der Waals surface area contributed by atoms with Crippen LogP contribution in [0.2, 0.25) is 0 Å². The molecule has 0 bridgehead atoms. The number of piperidine rings is 1. The van der Waals surface area contributed by atoms with Crippen LogP contribution < -0.4 is 0 Å². The van der Waals surface area contributed by atoms with Gasteiger partial charge in [0.1, 0.15) is 12.4 Å². The highest BCUT2D eigenvalue weighted by atomic mass is 32.2. The number of imide groups is 1. The number of carbonyl (C=O) groups is 3. The van der Waals surface area contributed by atoms with Gasteiger partial charge in [0.2, 0.25) is 5.91 Å². The normalized spacial score (nSPS) is 17.9. The number of nitrogens with zero attached hydrogens (tertiary/aromatic N) is 3. The molecule has 0 unspecified atom stereocenters. The lowest BCUT2D eigenvalue weighted by atomic mass is 10.1. The van der Waals surface area contributed by atoms with Crippen LogP contribution in [-0.4, -0.2) is 51.1 Å². The van der Waals surface area contributed by atoms with E-state index in [0.29, 0.717) is 24.5 Å². The maximum Gasteiger partial charge on any atom is 0.294 e. The van der Waals surface area contributed by atoms with E-state index in [1.165, 1.54) is 12.1 Å². The molecule has 8 heteroatoms. The van der Waals surface area contributed by atoms with E-state index in [1.54, 1.807) is 23.1 Å². The molecule has 3 amide bonds. The number of hydrogen-bond acceptors (Lipinski definition) is 4. The Bertz CT molecular complexity index is 1290. The summed E-state index contributed by atoms with van der Waals surface area (Å²) in [6.45, 7) is 1.69. The molecule has 2 aliphatic heterocycles. The summed E-state index contributed by atoms with van der Waals surface area (Å²) in [5, 5.41) is 0.525. The van der Waals surface area contributed by atoms with E-state index in [1.807, 2.05) is 35.0 Å². The first-order valence-electron chi connectivity index (χ1n) is 11.3. The molecule has 3 heterocycles. The van der Waals surface area contributed by atoms with Gasteiger partial charge in [-0.2, -0.15) is 0 Å². The van der Waals surface area contributed by atoms with Crippen LogP contribution in [0.15, 0.2) is 59.6 Å². The number of benzene rings is 2. The van der Waals surface area contributed by atoms with Crippen molar-refractivity contribution in [3.63, 3.8) is 0 Å². The summed E-state index contributed by atoms with van der Waals surface area (Å²) in [6.07, 6.45) is 6.66. The molecule has 3 aromatic rings. The first kappa shape index (κ1) is 22.4. The van der Waals surface area contributed by atoms with Crippen LogP contribution in [-0.2, 0) is 16.1 Å². The van der Waals surface area contributed by atoms with E-state index in [0.717, 1.165) is 58.0 Å².